The molecule has 1 unspecified atom stereocenters. The number of hydrogen-bond acceptors (Lipinski definition) is 4. The second-order valence-corrected chi connectivity index (χ2v) is 3.90. The lowest BCUT2D eigenvalue weighted by Crippen LogP contribution is -2.06. The third-order valence-electron chi connectivity index (χ3n) is 2.85. The molecule has 17 heavy (non-hydrogen) atoms. The maximum absolute atomic E-state index is 5.95. The van der Waals surface area contributed by atoms with E-state index in [2.05, 4.69) is 0 Å². The first kappa shape index (κ1) is 11.8. The van der Waals surface area contributed by atoms with Gasteiger partial charge in [0.2, 0.25) is 0 Å². The van der Waals surface area contributed by atoms with Gasteiger partial charge in [-0.25, -0.2) is 0 Å². The van der Waals surface area contributed by atoms with Gasteiger partial charge in [0, 0.05) is 12.1 Å². The van der Waals surface area contributed by atoms with E-state index in [9.17, 15) is 0 Å². The van der Waals surface area contributed by atoms with Crippen molar-refractivity contribution in [3.8, 4) is 11.5 Å². The molecule has 1 aromatic heterocycles. The van der Waals surface area contributed by atoms with Crippen LogP contribution in [-0.4, -0.2) is 14.2 Å². The third kappa shape index (κ3) is 2.08. The third-order valence-corrected chi connectivity index (χ3v) is 2.85. The van der Waals surface area contributed by atoms with Crippen molar-refractivity contribution in [1.82, 2.24) is 0 Å². The first-order valence-corrected chi connectivity index (χ1v) is 5.60. The van der Waals surface area contributed by atoms with Crippen LogP contribution in [0.1, 0.15) is 25.1 Å². The summed E-state index contributed by atoms with van der Waals surface area (Å²) in [5, 5.41) is 0.923. The lowest BCUT2D eigenvalue weighted by molar-refractivity contribution is 0.396. The predicted octanol–water partition coefficient (Wildman–Crippen LogP) is 2.86. The SMILES string of the molecule is CCC(N)c1cc2c(OC)cc(OC)cc2o1. The Balaban J connectivity index is 2.58. The van der Waals surface area contributed by atoms with E-state index >= 15 is 0 Å². The normalized spacial score (nSPS) is 12.7. The smallest absolute Gasteiger partial charge is 0.141 e. The lowest BCUT2D eigenvalue weighted by Gasteiger charge is -2.04. The number of methoxy groups -OCH3 is 2. The van der Waals surface area contributed by atoms with Gasteiger partial charge in [-0.3, -0.25) is 0 Å². The number of furan rings is 1. The van der Waals surface area contributed by atoms with Crippen LogP contribution in [0, 0.1) is 0 Å². The average Bonchev–Trinajstić information content (AvgIpc) is 2.80. The monoisotopic (exact) mass is 235 g/mol. The number of nitrogens with two attached hydrogens (primary N) is 1. The minimum atomic E-state index is -0.0851. The zero-order valence-electron chi connectivity index (χ0n) is 10.3. The molecule has 0 saturated heterocycles. The fourth-order valence-electron chi connectivity index (χ4n) is 1.77. The standard InChI is InChI=1S/C13H17NO3/c1-4-10(14)13-7-9-11(16-3)5-8(15-2)6-12(9)17-13/h5-7,10H,4,14H2,1-3H3. The number of ether oxygens (including phenoxy) is 2. The molecule has 0 fully saturated rings. The summed E-state index contributed by atoms with van der Waals surface area (Å²) in [5.74, 6) is 2.21. The zero-order chi connectivity index (χ0) is 12.4. The van der Waals surface area contributed by atoms with E-state index in [-0.39, 0.29) is 6.04 Å². The van der Waals surface area contributed by atoms with Crippen molar-refractivity contribution in [1.29, 1.82) is 0 Å². The van der Waals surface area contributed by atoms with Gasteiger partial charge in [0.1, 0.15) is 22.8 Å². The van der Waals surface area contributed by atoms with Crippen LogP contribution in [0.15, 0.2) is 22.6 Å². The van der Waals surface area contributed by atoms with Crippen LogP contribution >= 0.6 is 0 Å². The molecule has 0 spiro atoms. The highest BCUT2D eigenvalue weighted by Crippen LogP contribution is 2.35. The van der Waals surface area contributed by atoms with E-state index in [0.29, 0.717) is 5.75 Å². The van der Waals surface area contributed by atoms with Crippen molar-refractivity contribution in [2.24, 2.45) is 5.73 Å². The van der Waals surface area contributed by atoms with E-state index in [4.69, 9.17) is 19.6 Å². The van der Waals surface area contributed by atoms with Crippen molar-refractivity contribution in [2.45, 2.75) is 19.4 Å². The van der Waals surface area contributed by atoms with Crippen molar-refractivity contribution in [3.63, 3.8) is 0 Å². The Labute approximate surface area is 100 Å². The van der Waals surface area contributed by atoms with E-state index in [1.165, 1.54) is 0 Å². The molecule has 92 valence electrons. The Hall–Kier alpha value is -1.68. The summed E-state index contributed by atoms with van der Waals surface area (Å²) in [5.41, 5.74) is 6.69. The highest BCUT2D eigenvalue weighted by molar-refractivity contribution is 5.86. The summed E-state index contributed by atoms with van der Waals surface area (Å²) < 4.78 is 16.2. The van der Waals surface area contributed by atoms with Crippen molar-refractivity contribution >= 4 is 11.0 Å². The van der Waals surface area contributed by atoms with Crippen molar-refractivity contribution < 1.29 is 13.9 Å². The summed E-state index contributed by atoms with van der Waals surface area (Å²) in [6, 6.07) is 5.52. The van der Waals surface area contributed by atoms with Gasteiger partial charge in [-0.2, -0.15) is 0 Å². The molecule has 0 bridgehead atoms. The summed E-state index contributed by atoms with van der Waals surface area (Å²) in [6.45, 7) is 2.02. The maximum Gasteiger partial charge on any atom is 0.141 e. The van der Waals surface area contributed by atoms with Crippen molar-refractivity contribution in [3.05, 3.63) is 24.0 Å². The Morgan fingerprint density at radius 2 is 2.00 bits per heavy atom. The van der Waals surface area contributed by atoms with Gasteiger partial charge in [-0.1, -0.05) is 6.92 Å². The first-order chi connectivity index (χ1) is 8.19. The minimum absolute atomic E-state index is 0.0851. The van der Waals surface area contributed by atoms with Gasteiger partial charge >= 0.3 is 0 Å². The molecule has 0 aliphatic heterocycles. The summed E-state index contributed by atoms with van der Waals surface area (Å²) >= 11 is 0. The lowest BCUT2D eigenvalue weighted by atomic mass is 10.1. The highest BCUT2D eigenvalue weighted by Gasteiger charge is 2.14. The maximum atomic E-state index is 5.95. The summed E-state index contributed by atoms with van der Waals surface area (Å²) in [6.07, 6.45) is 0.833. The van der Waals surface area contributed by atoms with Gasteiger partial charge in [0.25, 0.3) is 0 Å². The Bertz CT molecular complexity index is 519. The van der Waals surface area contributed by atoms with E-state index < -0.39 is 0 Å². The molecule has 4 heteroatoms. The predicted molar refractivity (Wildman–Crippen MR) is 66.5 cm³/mol. The zero-order valence-corrected chi connectivity index (χ0v) is 10.3. The topological polar surface area (TPSA) is 57.6 Å². The van der Waals surface area contributed by atoms with E-state index in [1.54, 1.807) is 14.2 Å². The molecule has 0 saturated carbocycles. The number of rotatable bonds is 4. The van der Waals surface area contributed by atoms with Gasteiger partial charge in [-0.05, 0) is 12.5 Å². The van der Waals surface area contributed by atoms with Gasteiger partial charge in [0.15, 0.2) is 0 Å². The molecule has 0 radical (unpaired) electrons. The molecule has 4 nitrogen and oxygen atoms in total. The molecule has 1 atom stereocenters. The molecule has 2 aromatic rings. The number of hydrogen-bond donors (Lipinski definition) is 1. The van der Waals surface area contributed by atoms with Crippen LogP contribution in [0.3, 0.4) is 0 Å². The molecule has 1 aromatic carbocycles. The van der Waals surface area contributed by atoms with Crippen molar-refractivity contribution in [2.75, 3.05) is 14.2 Å². The van der Waals surface area contributed by atoms with Crippen LogP contribution < -0.4 is 15.2 Å². The molecule has 0 aliphatic carbocycles. The molecule has 0 aliphatic rings. The van der Waals surface area contributed by atoms with Crippen LogP contribution in [-0.2, 0) is 0 Å². The number of benzene rings is 1. The van der Waals surface area contributed by atoms with Gasteiger partial charge in [0.05, 0.1) is 25.6 Å². The first-order valence-electron chi connectivity index (χ1n) is 5.60. The van der Waals surface area contributed by atoms with Gasteiger partial charge < -0.3 is 19.6 Å². The minimum Gasteiger partial charge on any atom is -0.496 e. The molecular weight excluding hydrogens is 218 g/mol. The molecule has 1 heterocycles. The van der Waals surface area contributed by atoms with Crippen LogP contribution in [0.5, 0.6) is 11.5 Å². The molecule has 2 N–H and O–H groups in total. The fourth-order valence-corrected chi connectivity index (χ4v) is 1.77. The average molecular weight is 235 g/mol. The van der Waals surface area contributed by atoms with Gasteiger partial charge in [-0.15, -0.1) is 0 Å². The largest absolute Gasteiger partial charge is 0.496 e. The highest BCUT2D eigenvalue weighted by atomic mass is 16.5. The fraction of sp³-hybridized carbons (Fsp3) is 0.385. The molecular formula is C13H17NO3. The van der Waals surface area contributed by atoms with E-state index in [0.717, 1.165) is 28.9 Å². The summed E-state index contributed by atoms with van der Waals surface area (Å²) in [7, 11) is 3.24. The second kappa shape index (κ2) is 4.67. The molecule has 0 amide bonds. The molecule has 2 rings (SSSR count). The second-order valence-electron chi connectivity index (χ2n) is 3.90. The van der Waals surface area contributed by atoms with Crippen LogP contribution in [0.4, 0.5) is 0 Å². The van der Waals surface area contributed by atoms with Crippen LogP contribution in [0.25, 0.3) is 11.0 Å². The Morgan fingerprint density at radius 1 is 1.24 bits per heavy atom. The van der Waals surface area contributed by atoms with E-state index in [1.807, 2.05) is 25.1 Å². The summed E-state index contributed by atoms with van der Waals surface area (Å²) in [4.78, 5) is 0. The number of fused-ring (bicyclic) bond motifs is 1. The van der Waals surface area contributed by atoms with Crippen LogP contribution in [0.2, 0.25) is 0 Å². The Morgan fingerprint density at radius 3 is 2.59 bits per heavy atom. The quantitative estimate of drug-likeness (QED) is 0.885. The Kier molecular flexibility index (Phi) is 3.24.